The zero-order valence-corrected chi connectivity index (χ0v) is 21.6. The summed E-state index contributed by atoms with van der Waals surface area (Å²) in [5.74, 6) is -0.684. The van der Waals surface area contributed by atoms with Gasteiger partial charge < -0.3 is 14.5 Å². The Kier molecular flexibility index (Phi) is 7.19. The summed E-state index contributed by atoms with van der Waals surface area (Å²) in [6, 6.07) is 13.1. The van der Waals surface area contributed by atoms with Gasteiger partial charge in [-0.05, 0) is 47.2 Å². The third-order valence-corrected chi connectivity index (χ3v) is 6.50. The molecule has 0 saturated carbocycles. The van der Waals surface area contributed by atoms with Crippen LogP contribution in [-0.4, -0.2) is 43.0 Å². The highest BCUT2D eigenvalue weighted by molar-refractivity contribution is 6.31. The van der Waals surface area contributed by atoms with Gasteiger partial charge in [-0.25, -0.2) is 14.2 Å². The Morgan fingerprint density at radius 2 is 1.92 bits per heavy atom. The molecule has 0 radical (unpaired) electrons. The number of imidazole rings is 1. The zero-order valence-electron chi connectivity index (χ0n) is 20.8. The van der Waals surface area contributed by atoms with E-state index in [-0.39, 0.29) is 16.6 Å². The van der Waals surface area contributed by atoms with Crippen molar-refractivity contribution in [3.05, 3.63) is 95.3 Å². The number of carbonyl (C=O) groups is 1. The number of benzene rings is 2. The molecule has 0 saturated heterocycles. The third kappa shape index (κ3) is 5.14. The van der Waals surface area contributed by atoms with Gasteiger partial charge in [-0.15, -0.1) is 5.10 Å². The minimum absolute atomic E-state index is 0.0881. The Labute approximate surface area is 227 Å². The van der Waals surface area contributed by atoms with Gasteiger partial charge in [-0.2, -0.15) is 9.41 Å². The lowest BCUT2D eigenvalue weighted by Gasteiger charge is -2.17. The number of halogens is 2. The first kappa shape index (κ1) is 25.8. The first-order valence-corrected chi connectivity index (χ1v) is 12.2. The van der Waals surface area contributed by atoms with Gasteiger partial charge in [0.1, 0.15) is 12.4 Å². The second-order valence-electron chi connectivity index (χ2n) is 8.50. The number of anilines is 1. The average molecular weight is 549 g/mol. The van der Waals surface area contributed by atoms with Crippen LogP contribution in [0.1, 0.15) is 25.1 Å². The van der Waals surface area contributed by atoms with Crippen LogP contribution in [-0.2, 0) is 4.74 Å². The molecule has 1 atom stereocenters. The predicted molar refractivity (Wildman–Crippen MR) is 141 cm³/mol. The molecule has 1 unspecified atom stereocenters. The zero-order chi connectivity index (χ0) is 27.5. The van der Waals surface area contributed by atoms with Crippen LogP contribution in [0, 0.1) is 11.0 Å². The maximum atomic E-state index is 15.2. The number of hydrogen-bond acceptors (Lipinski definition) is 7. The molecule has 0 aliphatic rings. The Hall–Kier alpha value is -4.84. The lowest BCUT2D eigenvalue weighted by molar-refractivity contribution is -0.615. The van der Waals surface area contributed by atoms with Crippen LogP contribution in [0.2, 0.25) is 5.02 Å². The SMILES string of the molecule is CCC(c1ccc(-c2c(-n3cnnn3)ccc(Cl)c2F)c[n+]1[O-])n1cnc(-c2ccc(NC(=O)OC)cc2)c1. The summed E-state index contributed by atoms with van der Waals surface area (Å²) in [6.07, 6.45) is 6.19. The average Bonchev–Trinajstić information content (AvgIpc) is 3.65. The number of carbonyl (C=O) groups excluding carboxylic acids is 1. The van der Waals surface area contributed by atoms with Gasteiger partial charge in [0.05, 0.1) is 41.0 Å². The summed E-state index contributed by atoms with van der Waals surface area (Å²) in [6.45, 7) is 1.96. The Morgan fingerprint density at radius 1 is 1.15 bits per heavy atom. The highest BCUT2D eigenvalue weighted by Crippen LogP contribution is 2.33. The van der Waals surface area contributed by atoms with E-state index in [2.05, 4.69) is 30.6 Å². The van der Waals surface area contributed by atoms with Crippen molar-refractivity contribution in [2.75, 3.05) is 12.4 Å². The van der Waals surface area contributed by atoms with Crippen molar-refractivity contribution < 1.29 is 18.7 Å². The molecular weight excluding hydrogens is 527 g/mol. The van der Waals surface area contributed by atoms with Crippen LogP contribution in [0.4, 0.5) is 14.9 Å². The van der Waals surface area contributed by atoms with Gasteiger partial charge >= 0.3 is 6.09 Å². The van der Waals surface area contributed by atoms with Crippen molar-refractivity contribution in [1.82, 2.24) is 29.8 Å². The number of hydrogen-bond donors (Lipinski definition) is 1. The van der Waals surface area contributed by atoms with E-state index in [0.717, 1.165) is 10.3 Å². The van der Waals surface area contributed by atoms with E-state index in [1.165, 1.54) is 30.4 Å². The standard InChI is InChI=1S/C26H22ClFN8O3/c1-3-21(34-13-20(29-14-34)16-4-7-18(8-5-16)31-26(37)39-2)22-10-6-17(12-36(22)38)24-23(35-15-30-32-33-35)11-9-19(27)25(24)28/h4-15,21H,3H2,1-2H3,(H,31,37). The Bertz CT molecular complexity index is 1620. The molecule has 2 aromatic carbocycles. The van der Waals surface area contributed by atoms with E-state index in [1.807, 2.05) is 29.8 Å². The van der Waals surface area contributed by atoms with E-state index < -0.39 is 11.9 Å². The van der Waals surface area contributed by atoms with Crippen molar-refractivity contribution in [2.24, 2.45) is 0 Å². The van der Waals surface area contributed by atoms with Crippen LogP contribution in [0.5, 0.6) is 0 Å². The van der Waals surface area contributed by atoms with E-state index in [4.69, 9.17) is 11.6 Å². The van der Waals surface area contributed by atoms with Gasteiger partial charge in [-0.3, -0.25) is 5.32 Å². The summed E-state index contributed by atoms with van der Waals surface area (Å²) >= 11 is 6.06. The first-order chi connectivity index (χ1) is 18.9. The number of pyridine rings is 1. The lowest BCUT2D eigenvalue weighted by Crippen LogP contribution is -2.35. The molecule has 5 aromatic rings. The van der Waals surface area contributed by atoms with Crippen LogP contribution in [0.25, 0.3) is 28.1 Å². The molecule has 198 valence electrons. The molecule has 1 N–H and O–H groups in total. The van der Waals surface area contributed by atoms with E-state index in [0.29, 0.717) is 34.7 Å². The van der Waals surface area contributed by atoms with Crippen molar-refractivity contribution in [3.8, 4) is 28.1 Å². The molecule has 0 spiro atoms. The van der Waals surface area contributed by atoms with Crippen LogP contribution in [0.15, 0.2) is 73.6 Å². The van der Waals surface area contributed by atoms with E-state index >= 15 is 4.39 Å². The maximum Gasteiger partial charge on any atom is 0.411 e. The van der Waals surface area contributed by atoms with Gasteiger partial charge in [0, 0.05) is 23.5 Å². The predicted octanol–water partition coefficient (Wildman–Crippen LogP) is 4.80. The summed E-state index contributed by atoms with van der Waals surface area (Å²) in [7, 11) is 1.29. The molecule has 0 aliphatic heterocycles. The number of nitrogens with one attached hydrogen (secondary N) is 1. The number of ether oxygens (including phenoxy) is 1. The second-order valence-corrected chi connectivity index (χ2v) is 8.91. The normalized spacial score (nSPS) is 11.8. The fraction of sp³-hybridized carbons (Fsp3) is 0.154. The number of amides is 1. The number of rotatable bonds is 7. The monoisotopic (exact) mass is 548 g/mol. The molecule has 0 aliphatic carbocycles. The van der Waals surface area contributed by atoms with Crippen molar-refractivity contribution in [3.63, 3.8) is 0 Å². The molecule has 5 rings (SSSR count). The van der Waals surface area contributed by atoms with Crippen molar-refractivity contribution >= 4 is 23.4 Å². The van der Waals surface area contributed by atoms with Gasteiger partial charge in [0.2, 0.25) is 5.69 Å². The molecule has 11 nitrogen and oxygen atoms in total. The highest BCUT2D eigenvalue weighted by atomic mass is 35.5. The maximum absolute atomic E-state index is 15.2. The number of methoxy groups -OCH3 is 1. The van der Waals surface area contributed by atoms with Crippen LogP contribution >= 0.6 is 11.6 Å². The van der Waals surface area contributed by atoms with Crippen molar-refractivity contribution in [1.29, 1.82) is 0 Å². The topological polar surface area (TPSA) is 127 Å². The summed E-state index contributed by atoms with van der Waals surface area (Å²) in [5, 5.41) is 26.8. The van der Waals surface area contributed by atoms with Crippen LogP contribution in [0.3, 0.4) is 0 Å². The summed E-state index contributed by atoms with van der Waals surface area (Å²) in [5.41, 5.74) is 3.33. The van der Waals surface area contributed by atoms with E-state index in [9.17, 15) is 10.0 Å². The Balaban J connectivity index is 1.45. The first-order valence-electron chi connectivity index (χ1n) is 11.8. The van der Waals surface area contributed by atoms with E-state index in [1.54, 1.807) is 36.7 Å². The fourth-order valence-electron chi connectivity index (χ4n) is 4.30. The third-order valence-electron chi connectivity index (χ3n) is 6.20. The van der Waals surface area contributed by atoms with Crippen molar-refractivity contribution in [2.45, 2.75) is 19.4 Å². The quantitative estimate of drug-likeness (QED) is 0.229. The fourth-order valence-corrected chi connectivity index (χ4v) is 4.46. The molecular formula is C26H22ClFN8O3. The molecule has 13 heteroatoms. The molecule has 3 heterocycles. The molecule has 39 heavy (non-hydrogen) atoms. The Morgan fingerprint density at radius 3 is 2.59 bits per heavy atom. The molecule has 3 aromatic heterocycles. The molecule has 0 bridgehead atoms. The molecule has 0 fully saturated rings. The second kappa shape index (κ2) is 10.9. The van der Waals surface area contributed by atoms with Crippen LogP contribution < -0.4 is 10.0 Å². The number of tetrazole rings is 1. The smallest absolute Gasteiger partial charge is 0.411 e. The lowest BCUT2D eigenvalue weighted by atomic mass is 10.0. The minimum Gasteiger partial charge on any atom is -0.618 e. The van der Waals surface area contributed by atoms with Gasteiger partial charge in [0.15, 0.2) is 12.0 Å². The van der Waals surface area contributed by atoms with Gasteiger partial charge in [-0.1, -0.05) is 30.7 Å². The number of aromatic nitrogens is 7. The highest BCUT2D eigenvalue weighted by Gasteiger charge is 2.24. The number of nitrogens with zero attached hydrogens (tertiary/aromatic N) is 7. The summed E-state index contributed by atoms with van der Waals surface area (Å²) in [4.78, 5) is 15.9. The minimum atomic E-state index is -0.684. The molecule has 1 amide bonds. The van der Waals surface area contributed by atoms with Gasteiger partial charge in [0.25, 0.3) is 0 Å². The largest absolute Gasteiger partial charge is 0.618 e. The summed E-state index contributed by atoms with van der Waals surface area (Å²) < 4.78 is 23.6.